The SMILES string of the molecule is O=C(CCC1CCCCC1)Nc1cccc(NC(=O)CCC2CCCCC2)n1. The van der Waals surface area contributed by atoms with E-state index in [1.165, 1.54) is 64.2 Å². The van der Waals surface area contributed by atoms with Gasteiger partial charge in [-0.3, -0.25) is 9.59 Å². The van der Waals surface area contributed by atoms with Crippen LogP contribution < -0.4 is 10.6 Å². The minimum absolute atomic E-state index is 0.0128. The van der Waals surface area contributed by atoms with E-state index in [0.717, 1.165) is 12.8 Å². The molecule has 2 N–H and O–H groups in total. The molecule has 5 nitrogen and oxygen atoms in total. The van der Waals surface area contributed by atoms with Crippen molar-refractivity contribution in [2.75, 3.05) is 10.6 Å². The number of carbonyl (C=O) groups is 2. The van der Waals surface area contributed by atoms with Gasteiger partial charge in [-0.25, -0.2) is 4.98 Å². The van der Waals surface area contributed by atoms with Crippen molar-refractivity contribution in [3.63, 3.8) is 0 Å². The second-order valence-electron chi connectivity index (χ2n) is 8.59. The van der Waals surface area contributed by atoms with Crippen LogP contribution >= 0.6 is 0 Å². The Bertz CT molecular complexity index is 583. The van der Waals surface area contributed by atoms with Gasteiger partial charge in [0.15, 0.2) is 0 Å². The molecule has 2 saturated carbocycles. The van der Waals surface area contributed by atoms with Crippen molar-refractivity contribution >= 4 is 23.5 Å². The average Bonchev–Trinajstić information content (AvgIpc) is 2.72. The molecule has 1 heterocycles. The number of pyridine rings is 1. The minimum Gasteiger partial charge on any atom is -0.311 e. The fourth-order valence-electron chi connectivity index (χ4n) is 4.61. The number of hydrogen-bond acceptors (Lipinski definition) is 3. The number of nitrogens with one attached hydrogen (secondary N) is 2. The van der Waals surface area contributed by atoms with Gasteiger partial charge in [0.25, 0.3) is 0 Å². The number of aromatic nitrogens is 1. The van der Waals surface area contributed by atoms with Crippen molar-refractivity contribution < 1.29 is 9.59 Å². The number of anilines is 2. The number of rotatable bonds is 8. The van der Waals surface area contributed by atoms with Crippen LogP contribution in [0.1, 0.15) is 89.9 Å². The monoisotopic (exact) mass is 385 g/mol. The third-order valence-electron chi connectivity index (χ3n) is 6.29. The molecule has 5 heteroatoms. The Balaban J connectivity index is 1.39. The third-order valence-corrected chi connectivity index (χ3v) is 6.29. The van der Waals surface area contributed by atoms with Crippen LogP contribution in [0, 0.1) is 11.8 Å². The number of carbonyl (C=O) groups excluding carboxylic acids is 2. The number of nitrogens with zero attached hydrogens (tertiary/aromatic N) is 1. The van der Waals surface area contributed by atoms with Crippen molar-refractivity contribution in [1.29, 1.82) is 0 Å². The van der Waals surface area contributed by atoms with Crippen molar-refractivity contribution in [2.45, 2.75) is 89.9 Å². The molecule has 154 valence electrons. The Morgan fingerprint density at radius 2 is 1.18 bits per heavy atom. The standard InChI is InChI=1S/C23H35N3O2/c27-22(16-14-18-8-3-1-4-9-18)25-20-12-7-13-21(24-20)26-23(28)17-15-19-10-5-2-6-11-19/h7,12-13,18-19H,1-6,8-11,14-17H2,(H2,24,25,26,27,28). The lowest BCUT2D eigenvalue weighted by atomic mass is 9.86. The molecule has 2 aliphatic carbocycles. The first kappa shape index (κ1) is 20.8. The predicted molar refractivity (Wildman–Crippen MR) is 113 cm³/mol. The van der Waals surface area contributed by atoms with E-state index in [9.17, 15) is 9.59 Å². The normalized spacial score (nSPS) is 18.6. The number of amides is 2. The van der Waals surface area contributed by atoms with Gasteiger partial charge in [0.05, 0.1) is 0 Å². The Kier molecular flexibility index (Phi) is 8.31. The largest absolute Gasteiger partial charge is 0.311 e. The summed E-state index contributed by atoms with van der Waals surface area (Å²) < 4.78 is 0. The van der Waals surface area contributed by atoms with Gasteiger partial charge in [0.2, 0.25) is 11.8 Å². The Hall–Kier alpha value is -1.91. The highest BCUT2D eigenvalue weighted by Gasteiger charge is 2.16. The van der Waals surface area contributed by atoms with Gasteiger partial charge in [-0.1, -0.05) is 70.3 Å². The maximum atomic E-state index is 12.2. The highest BCUT2D eigenvalue weighted by Crippen LogP contribution is 2.28. The molecule has 3 rings (SSSR count). The molecule has 1 aromatic rings. The van der Waals surface area contributed by atoms with Crippen molar-refractivity contribution in [3.05, 3.63) is 18.2 Å². The van der Waals surface area contributed by atoms with Crippen LogP contribution in [-0.2, 0) is 9.59 Å². The van der Waals surface area contributed by atoms with E-state index in [2.05, 4.69) is 15.6 Å². The predicted octanol–water partition coefficient (Wildman–Crippen LogP) is 5.68. The molecule has 0 aliphatic heterocycles. The second kappa shape index (κ2) is 11.2. The maximum absolute atomic E-state index is 12.2. The molecule has 0 saturated heterocycles. The van der Waals surface area contributed by atoms with Gasteiger partial charge in [-0.05, 0) is 36.8 Å². The molecule has 0 radical (unpaired) electrons. The van der Waals surface area contributed by atoms with Crippen LogP contribution in [0.25, 0.3) is 0 Å². The van der Waals surface area contributed by atoms with E-state index < -0.39 is 0 Å². The molecular formula is C23H35N3O2. The number of hydrogen-bond donors (Lipinski definition) is 2. The zero-order valence-electron chi connectivity index (χ0n) is 17.0. The summed E-state index contributed by atoms with van der Waals surface area (Å²) in [6.45, 7) is 0. The van der Waals surface area contributed by atoms with Crippen LogP contribution in [0.4, 0.5) is 11.6 Å². The summed E-state index contributed by atoms with van der Waals surface area (Å²) in [5.74, 6) is 2.44. The van der Waals surface area contributed by atoms with Crippen molar-refractivity contribution in [1.82, 2.24) is 4.98 Å². The highest BCUT2D eigenvalue weighted by molar-refractivity contribution is 5.91. The first-order chi connectivity index (χ1) is 13.7. The van der Waals surface area contributed by atoms with Crippen molar-refractivity contribution in [2.24, 2.45) is 11.8 Å². The first-order valence-electron chi connectivity index (χ1n) is 11.3. The van der Waals surface area contributed by atoms with Gasteiger partial charge < -0.3 is 10.6 Å². The Morgan fingerprint density at radius 3 is 1.61 bits per heavy atom. The Morgan fingerprint density at radius 1 is 0.750 bits per heavy atom. The van der Waals surface area contributed by atoms with Gasteiger partial charge in [0, 0.05) is 12.8 Å². The fourth-order valence-corrected chi connectivity index (χ4v) is 4.61. The third kappa shape index (κ3) is 7.25. The smallest absolute Gasteiger partial charge is 0.225 e. The maximum Gasteiger partial charge on any atom is 0.225 e. The van der Waals surface area contributed by atoms with E-state index >= 15 is 0 Å². The molecule has 28 heavy (non-hydrogen) atoms. The molecule has 2 fully saturated rings. The summed E-state index contributed by atoms with van der Waals surface area (Å²) in [5.41, 5.74) is 0. The van der Waals surface area contributed by atoms with Gasteiger partial charge in [-0.15, -0.1) is 0 Å². The molecule has 0 spiro atoms. The van der Waals surface area contributed by atoms with Gasteiger partial charge in [0.1, 0.15) is 11.6 Å². The van der Waals surface area contributed by atoms with Gasteiger partial charge >= 0.3 is 0 Å². The molecule has 1 aromatic heterocycles. The minimum atomic E-state index is 0.0128. The van der Waals surface area contributed by atoms with E-state index in [1.54, 1.807) is 12.1 Å². The van der Waals surface area contributed by atoms with Crippen LogP contribution in [0.2, 0.25) is 0 Å². The zero-order valence-corrected chi connectivity index (χ0v) is 17.0. The second-order valence-corrected chi connectivity index (χ2v) is 8.59. The summed E-state index contributed by atoms with van der Waals surface area (Å²) in [5, 5.41) is 5.75. The Labute approximate surface area is 169 Å². The quantitative estimate of drug-likeness (QED) is 0.605. The van der Waals surface area contributed by atoms with Gasteiger partial charge in [-0.2, -0.15) is 0 Å². The molecule has 0 bridgehead atoms. The first-order valence-corrected chi connectivity index (χ1v) is 11.3. The van der Waals surface area contributed by atoms with Crippen LogP contribution in [0.15, 0.2) is 18.2 Å². The summed E-state index contributed by atoms with van der Waals surface area (Å²) >= 11 is 0. The summed E-state index contributed by atoms with van der Waals surface area (Å²) in [4.78, 5) is 28.8. The van der Waals surface area contributed by atoms with Crippen LogP contribution in [0.5, 0.6) is 0 Å². The van der Waals surface area contributed by atoms with Crippen LogP contribution in [-0.4, -0.2) is 16.8 Å². The van der Waals surface area contributed by atoms with E-state index in [1.807, 2.05) is 6.07 Å². The fraction of sp³-hybridized carbons (Fsp3) is 0.696. The van der Waals surface area contributed by atoms with Crippen LogP contribution in [0.3, 0.4) is 0 Å². The lowest BCUT2D eigenvalue weighted by Crippen LogP contribution is -2.17. The molecule has 2 amide bonds. The highest BCUT2D eigenvalue weighted by atomic mass is 16.2. The average molecular weight is 386 g/mol. The molecule has 0 unspecified atom stereocenters. The van der Waals surface area contributed by atoms with E-state index in [4.69, 9.17) is 0 Å². The van der Waals surface area contributed by atoms with E-state index in [0.29, 0.717) is 36.3 Å². The molecule has 0 aromatic carbocycles. The topological polar surface area (TPSA) is 71.1 Å². The summed E-state index contributed by atoms with van der Waals surface area (Å²) in [6, 6.07) is 5.37. The molecule has 2 aliphatic rings. The summed E-state index contributed by atoms with van der Waals surface area (Å²) in [7, 11) is 0. The van der Waals surface area contributed by atoms with Crippen molar-refractivity contribution in [3.8, 4) is 0 Å². The van der Waals surface area contributed by atoms with E-state index in [-0.39, 0.29) is 11.8 Å². The zero-order chi connectivity index (χ0) is 19.6. The summed E-state index contributed by atoms with van der Waals surface area (Å²) in [6.07, 6.45) is 15.9. The molecule has 0 atom stereocenters. The molecular weight excluding hydrogens is 350 g/mol. The lowest BCUT2D eigenvalue weighted by molar-refractivity contribution is -0.117. The lowest BCUT2D eigenvalue weighted by Gasteiger charge is -2.21.